The summed E-state index contributed by atoms with van der Waals surface area (Å²) >= 11 is 0. The number of benzene rings is 1. The van der Waals surface area contributed by atoms with E-state index in [2.05, 4.69) is 23.6 Å². The highest BCUT2D eigenvalue weighted by atomic mass is 16.5. The molecule has 0 aliphatic heterocycles. The molecule has 1 aromatic rings. The smallest absolute Gasteiger partial charge is 0.312 e. The van der Waals surface area contributed by atoms with Crippen molar-refractivity contribution in [1.82, 2.24) is 0 Å². The van der Waals surface area contributed by atoms with Crippen molar-refractivity contribution in [3.8, 4) is 0 Å². The van der Waals surface area contributed by atoms with E-state index in [0.717, 1.165) is 18.4 Å². The van der Waals surface area contributed by atoms with Gasteiger partial charge < -0.3 is 9.64 Å². The molecule has 1 rings (SSSR count). The molecule has 0 heterocycles. The van der Waals surface area contributed by atoms with Crippen molar-refractivity contribution in [1.29, 1.82) is 0 Å². The second kappa shape index (κ2) is 6.98. The van der Waals surface area contributed by atoms with Crippen LogP contribution in [0.4, 0.5) is 5.69 Å². The van der Waals surface area contributed by atoms with Crippen LogP contribution < -0.4 is 4.90 Å². The lowest BCUT2D eigenvalue weighted by Crippen LogP contribution is -2.14. The van der Waals surface area contributed by atoms with E-state index in [1.165, 1.54) is 18.4 Å². The first-order chi connectivity index (χ1) is 9.01. The zero-order valence-corrected chi connectivity index (χ0v) is 12.3. The van der Waals surface area contributed by atoms with Gasteiger partial charge in [-0.05, 0) is 37.0 Å². The van der Waals surface area contributed by atoms with Crippen LogP contribution in [0.5, 0.6) is 0 Å². The number of rotatable bonds is 6. The Hall–Kier alpha value is -1.77. The highest BCUT2D eigenvalue weighted by molar-refractivity contribution is 5.78. The summed E-state index contributed by atoms with van der Waals surface area (Å²) in [6.45, 7) is 5.63. The highest BCUT2D eigenvalue weighted by Crippen LogP contribution is 2.26. The van der Waals surface area contributed by atoms with Crippen LogP contribution in [0, 0.1) is 0 Å². The van der Waals surface area contributed by atoms with E-state index in [1.807, 2.05) is 33.2 Å². The molecule has 104 valence electrons. The van der Waals surface area contributed by atoms with Crippen LogP contribution in [-0.2, 0) is 16.0 Å². The number of hydrogen-bond acceptors (Lipinski definition) is 3. The van der Waals surface area contributed by atoms with Gasteiger partial charge in [-0.25, -0.2) is 0 Å². The summed E-state index contributed by atoms with van der Waals surface area (Å²) in [7, 11) is 5.47. The molecular weight excluding hydrogens is 238 g/mol. The fourth-order valence-electron chi connectivity index (χ4n) is 2.08. The van der Waals surface area contributed by atoms with Crippen molar-refractivity contribution in [3.63, 3.8) is 0 Å². The molecule has 0 fully saturated rings. The first-order valence-corrected chi connectivity index (χ1v) is 6.50. The lowest BCUT2D eigenvalue weighted by molar-refractivity contribution is -0.141. The standard InChI is InChI=1S/C16H23NO2/c1-6-7-8-14-11-13(12(2)16(18)19-5)9-10-15(14)17(3)4/h6,9-12H,1,7-8H2,2-5H3. The van der Waals surface area contributed by atoms with Crippen LogP contribution >= 0.6 is 0 Å². The number of aryl methyl sites for hydroxylation is 1. The maximum atomic E-state index is 11.6. The lowest BCUT2D eigenvalue weighted by Gasteiger charge is -2.19. The van der Waals surface area contributed by atoms with Crippen molar-refractivity contribution in [3.05, 3.63) is 42.0 Å². The Morgan fingerprint density at radius 3 is 2.68 bits per heavy atom. The van der Waals surface area contributed by atoms with Crippen molar-refractivity contribution in [2.45, 2.75) is 25.7 Å². The molecule has 3 nitrogen and oxygen atoms in total. The molecule has 1 aromatic carbocycles. The second-order valence-corrected chi connectivity index (χ2v) is 4.85. The molecule has 3 heteroatoms. The van der Waals surface area contributed by atoms with Crippen molar-refractivity contribution < 1.29 is 9.53 Å². The quantitative estimate of drug-likeness (QED) is 0.582. The molecule has 0 amide bonds. The number of anilines is 1. The number of methoxy groups -OCH3 is 1. The number of carbonyl (C=O) groups is 1. The summed E-state index contributed by atoms with van der Waals surface area (Å²) in [6, 6.07) is 6.15. The average Bonchev–Trinajstić information content (AvgIpc) is 2.42. The van der Waals surface area contributed by atoms with Gasteiger partial charge in [-0.1, -0.05) is 18.2 Å². The van der Waals surface area contributed by atoms with Crippen molar-refractivity contribution in [2.24, 2.45) is 0 Å². The molecule has 0 saturated carbocycles. The van der Waals surface area contributed by atoms with Crippen LogP contribution in [0.2, 0.25) is 0 Å². The van der Waals surface area contributed by atoms with E-state index in [4.69, 9.17) is 4.74 Å². The van der Waals surface area contributed by atoms with Crippen LogP contribution in [0.3, 0.4) is 0 Å². The van der Waals surface area contributed by atoms with E-state index in [1.54, 1.807) is 0 Å². The van der Waals surface area contributed by atoms with Gasteiger partial charge >= 0.3 is 5.97 Å². The third kappa shape index (κ3) is 3.85. The number of allylic oxidation sites excluding steroid dienone is 1. The fourth-order valence-corrected chi connectivity index (χ4v) is 2.08. The maximum absolute atomic E-state index is 11.6. The maximum Gasteiger partial charge on any atom is 0.312 e. The molecule has 0 radical (unpaired) electrons. The molecule has 1 atom stereocenters. The monoisotopic (exact) mass is 261 g/mol. The van der Waals surface area contributed by atoms with E-state index < -0.39 is 0 Å². The Kier molecular flexibility index (Phi) is 5.61. The highest BCUT2D eigenvalue weighted by Gasteiger charge is 2.17. The Bertz CT molecular complexity index is 452. The van der Waals surface area contributed by atoms with E-state index >= 15 is 0 Å². The molecule has 0 aliphatic rings. The zero-order chi connectivity index (χ0) is 14.4. The summed E-state index contributed by atoms with van der Waals surface area (Å²) in [5, 5.41) is 0. The fraction of sp³-hybridized carbons (Fsp3) is 0.438. The summed E-state index contributed by atoms with van der Waals surface area (Å²) in [6.07, 6.45) is 3.77. The molecule has 1 unspecified atom stereocenters. The first-order valence-electron chi connectivity index (χ1n) is 6.50. The number of nitrogens with zero attached hydrogens (tertiary/aromatic N) is 1. The Morgan fingerprint density at radius 2 is 2.16 bits per heavy atom. The average molecular weight is 261 g/mol. The number of hydrogen-bond donors (Lipinski definition) is 0. The molecule has 0 aromatic heterocycles. The van der Waals surface area contributed by atoms with Gasteiger partial charge in [0.05, 0.1) is 13.0 Å². The third-order valence-electron chi connectivity index (χ3n) is 3.26. The third-order valence-corrected chi connectivity index (χ3v) is 3.26. The predicted molar refractivity (Wildman–Crippen MR) is 79.7 cm³/mol. The summed E-state index contributed by atoms with van der Waals surface area (Å²) in [5.74, 6) is -0.434. The van der Waals surface area contributed by atoms with Gasteiger partial charge in [0, 0.05) is 19.8 Å². The van der Waals surface area contributed by atoms with Gasteiger partial charge in [0.25, 0.3) is 0 Å². The van der Waals surface area contributed by atoms with E-state index in [-0.39, 0.29) is 11.9 Å². The molecule has 0 saturated heterocycles. The zero-order valence-electron chi connectivity index (χ0n) is 12.3. The SMILES string of the molecule is C=CCCc1cc(C(C)C(=O)OC)ccc1N(C)C. The van der Waals surface area contributed by atoms with Crippen LogP contribution in [-0.4, -0.2) is 27.2 Å². The van der Waals surface area contributed by atoms with Crippen molar-refractivity contribution >= 4 is 11.7 Å². The minimum absolute atomic E-state index is 0.202. The summed E-state index contributed by atoms with van der Waals surface area (Å²) in [4.78, 5) is 13.7. The van der Waals surface area contributed by atoms with Crippen LogP contribution in [0.1, 0.15) is 30.4 Å². The second-order valence-electron chi connectivity index (χ2n) is 4.85. The number of ether oxygens (including phenoxy) is 1. The molecule has 0 bridgehead atoms. The number of esters is 1. The topological polar surface area (TPSA) is 29.5 Å². The first kappa shape index (κ1) is 15.3. The van der Waals surface area contributed by atoms with Crippen LogP contribution in [0.15, 0.2) is 30.9 Å². The normalized spacial score (nSPS) is 11.8. The molecular formula is C16H23NO2. The summed E-state index contributed by atoms with van der Waals surface area (Å²) < 4.78 is 4.80. The predicted octanol–water partition coefficient (Wildman–Crippen LogP) is 3.15. The van der Waals surface area contributed by atoms with Gasteiger partial charge in [-0.3, -0.25) is 4.79 Å². The Morgan fingerprint density at radius 1 is 1.47 bits per heavy atom. The van der Waals surface area contributed by atoms with Gasteiger partial charge in [0.15, 0.2) is 0 Å². The minimum atomic E-state index is -0.233. The van der Waals surface area contributed by atoms with Gasteiger partial charge in [-0.2, -0.15) is 0 Å². The Balaban J connectivity index is 3.09. The molecule has 0 N–H and O–H groups in total. The molecule has 0 spiro atoms. The Labute approximate surface area is 115 Å². The van der Waals surface area contributed by atoms with Crippen LogP contribution in [0.25, 0.3) is 0 Å². The van der Waals surface area contributed by atoms with Crippen molar-refractivity contribution in [2.75, 3.05) is 26.1 Å². The van der Waals surface area contributed by atoms with Gasteiger partial charge in [-0.15, -0.1) is 6.58 Å². The lowest BCUT2D eigenvalue weighted by atomic mass is 9.96. The van der Waals surface area contributed by atoms with Gasteiger partial charge in [0.2, 0.25) is 0 Å². The number of carbonyl (C=O) groups excluding carboxylic acids is 1. The van der Waals surface area contributed by atoms with E-state index in [9.17, 15) is 4.79 Å². The molecule has 19 heavy (non-hydrogen) atoms. The molecule has 0 aliphatic carbocycles. The van der Waals surface area contributed by atoms with E-state index in [0.29, 0.717) is 0 Å². The van der Waals surface area contributed by atoms with Gasteiger partial charge in [0.1, 0.15) is 0 Å². The summed E-state index contributed by atoms with van der Waals surface area (Å²) in [5.41, 5.74) is 3.41. The minimum Gasteiger partial charge on any atom is -0.469 e. The largest absolute Gasteiger partial charge is 0.469 e.